The van der Waals surface area contributed by atoms with E-state index < -0.39 is 29.4 Å². The number of piperidine rings is 1. The van der Waals surface area contributed by atoms with Crippen molar-refractivity contribution in [2.75, 3.05) is 26.2 Å². The molecule has 12 heteroatoms. The number of nitrogens with one attached hydrogen (secondary N) is 2. The molecule has 36 heavy (non-hydrogen) atoms. The van der Waals surface area contributed by atoms with Crippen molar-refractivity contribution in [3.63, 3.8) is 0 Å². The highest BCUT2D eigenvalue weighted by Crippen LogP contribution is 2.36. The summed E-state index contributed by atoms with van der Waals surface area (Å²) in [5.41, 5.74) is 1.86. The minimum atomic E-state index is -2.11. The number of carbonyl (C=O) groups excluding carboxylic acids is 2. The van der Waals surface area contributed by atoms with E-state index in [1.54, 1.807) is 37.6 Å². The van der Waals surface area contributed by atoms with Gasteiger partial charge in [0, 0.05) is 43.3 Å². The molecule has 3 aliphatic rings. The summed E-state index contributed by atoms with van der Waals surface area (Å²) in [6.45, 7) is 4.05. The van der Waals surface area contributed by atoms with Crippen LogP contribution in [0.1, 0.15) is 35.5 Å². The van der Waals surface area contributed by atoms with E-state index in [0.29, 0.717) is 27.7 Å². The Morgan fingerprint density at radius 1 is 1.39 bits per heavy atom. The van der Waals surface area contributed by atoms with E-state index in [1.807, 2.05) is 4.90 Å². The Morgan fingerprint density at radius 2 is 2.22 bits per heavy atom. The molecular formula is C24H24F2N6O3S. The van der Waals surface area contributed by atoms with Crippen molar-refractivity contribution >= 4 is 34.8 Å². The molecule has 1 fully saturated rings. The number of thiazole rings is 1. The summed E-state index contributed by atoms with van der Waals surface area (Å²) < 4.78 is 35.0. The van der Waals surface area contributed by atoms with Gasteiger partial charge in [0.2, 0.25) is 5.67 Å². The summed E-state index contributed by atoms with van der Waals surface area (Å²) in [5.74, 6) is -1.30. The van der Waals surface area contributed by atoms with Crippen LogP contribution in [0.5, 0.6) is 0 Å². The smallest absolute Gasteiger partial charge is 0.338 e. The number of amides is 1. The summed E-state index contributed by atoms with van der Waals surface area (Å²) in [6.07, 6.45) is 1.59. The molecule has 1 aromatic heterocycles. The number of fused-ring (bicyclic) bond motifs is 1. The number of hydrogen-bond donors (Lipinski definition) is 2. The molecule has 2 aromatic rings. The number of likely N-dealkylation sites (tertiary alicyclic amines) is 1. The monoisotopic (exact) mass is 514 g/mol. The zero-order valence-corrected chi connectivity index (χ0v) is 20.5. The van der Waals surface area contributed by atoms with Gasteiger partial charge < -0.3 is 10.1 Å². The first-order valence-corrected chi connectivity index (χ1v) is 12.4. The van der Waals surface area contributed by atoms with Gasteiger partial charge in [0.05, 0.1) is 17.9 Å². The fourth-order valence-electron chi connectivity index (χ4n) is 4.57. The first-order chi connectivity index (χ1) is 17.3. The van der Waals surface area contributed by atoms with Crippen LogP contribution in [0.3, 0.4) is 0 Å². The van der Waals surface area contributed by atoms with E-state index in [2.05, 4.69) is 20.8 Å². The molecule has 2 N–H and O–H groups in total. The lowest BCUT2D eigenvalue weighted by Crippen LogP contribution is -2.53. The first kappa shape index (κ1) is 24.2. The maximum atomic E-state index is 15.1. The number of esters is 1. The van der Waals surface area contributed by atoms with Gasteiger partial charge in [-0.3, -0.25) is 14.7 Å². The molecule has 4 heterocycles. The van der Waals surface area contributed by atoms with E-state index >= 15 is 4.39 Å². The third kappa shape index (κ3) is 4.20. The lowest BCUT2D eigenvalue weighted by atomic mass is 9.90. The summed E-state index contributed by atoms with van der Waals surface area (Å²) in [7, 11) is 0. The van der Waals surface area contributed by atoms with E-state index in [4.69, 9.17) is 9.73 Å². The molecule has 188 valence electrons. The molecule has 9 nitrogen and oxygen atoms in total. The van der Waals surface area contributed by atoms with Crippen molar-refractivity contribution in [3.8, 4) is 0 Å². The molecular weight excluding hydrogens is 490 g/mol. The standard InChI is InChI=1S/C24H24F2N6O3S/c1-3-35-22(33)18-16(11-32-9-7-24(26)17(12-32)30-31-23(24)34)28-20(21-27-8-10-36-21)29-19(18)14-5-4-6-15(25)13(14)2/h4-6,8,10,19H,3,7,9,11-12H2,1-2H3,(H,28,29)(H,31,34)/t19-,24?/m0/s1. The lowest BCUT2D eigenvalue weighted by molar-refractivity contribution is -0.139. The Bertz CT molecular complexity index is 1310. The van der Waals surface area contributed by atoms with Crippen LogP contribution in [0.2, 0.25) is 0 Å². The van der Waals surface area contributed by atoms with Crippen molar-refractivity contribution in [2.24, 2.45) is 10.1 Å². The minimum Gasteiger partial charge on any atom is -0.463 e. The normalized spacial score (nSPS) is 24.0. The number of hydrazone groups is 1. The van der Waals surface area contributed by atoms with Crippen LogP contribution in [-0.4, -0.2) is 65.2 Å². The topological polar surface area (TPSA) is 108 Å². The molecule has 0 saturated carbocycles. The van der Waals surface area contributed by atoms with Crippen molar-refractivity contribution < 1.29 is 23.1 Å². The predicted molar refractivity (Wildman–Crippen MR) is 130 cm³/mol. The van der Waals surface area contributed by atoms with Crippen molar-refractivity contribution in [3.05, 3.63) is 63.0 Å². The van der Waals surface area contributed by atoms with Crippen molar-refractivity contribution in [1.82, 2.24) is 20.6 Å². The average molecular weight is 515 g/mol. The van der Waals surface area contributed by atoms with Gasteiger partial charge >= 0.3 is 5.97 Å². The summed E-state index contributed by atoms with van der Waals surface area (Å²) in [5, 5.41) is 9.51. The van der Waals surface area contributed by atoms with Gasteiger partial charge in [-0.1, -0.05) is 12.1 Å². The molecule has 0 bridgehead atoms. The molecule has 0 radical (unpaired) electrons. The lowest BCUT2D eigenvalue weighted by Gasteiger charge is -2.35. The van der Waals surface area contributed by atoms with Crippen LogP contribution in [0.25, 0.3) is 0 Å². The molecule has 1 saturated heterocycles. The maximum absolute atomic E-state index is 15.1. The van der Waals surface area contributed by atoms with Crippen molar-refractivity contribution in [2.45, 2.75) is 32.0 Å². The van der Waals surface area contributed by atoms with Gasteiger partial charge in [0.1, 0.15) is 11.9 Å². The van der Waals surface area contributed by atoms with Crippen LogP contribution in [0.4, 0.5) is 8.78 Å². The Hall–Kier alpha value is -3.51. The second kappa shape index (κ2) is 9.51. The third-order valence-electron chi connectivity index (χ3n) is 6.50. The number of carbonyl (C=O) groups is 2. The largest absolute Gasteiger partial charge is 0.463 e. The highest BCUT2D eigenvalue weighted by molar-refractivity contribution is 7.11. The average Bonchev–Trinajstić information content (AvgIpc) is 3.50. The predicted octanol–water partition coefficient (Wildman–Crippen LogP) is 2.40. The Morgan fingerprint density at radius 3 is 2.97 bits per heavy atom. The third-order valence-corrected chi connectivity index (χ3v) is 7.28. The zero-order chi connectivity index (χ0) is 25.4. The summed E-state index contributed by atoms with van der Waals surface area (Å²) in [6, 6.07) is 3.83. The van der Waals surface area contributed by atoms with E-state index in [1.165, 1.54) is 17.4 Å². The summed E-state index contributed by atoms with van der Waals surface area (Å²) in [4.78, 5) is 36.2. The maximum Gasteiger partial charge on any atom is 0.338 e. The SMILES string of the molecule is CCOC(=O)C1=C(CN2CCC3(F)C(=O)NN=C3C2)NC(c2nccs2)=N[C@H]1c1cccc(F)c1C. The second-order valence-electron chi connectivity index (χ2n) is 8.67. The number of ether oxygens (including phenoxy) is 1. The van der Waals surface area contributed by atoms with Crippen LogP contribution >= 0.6 is 11.3 Å². The quantitative estimate of drug-likeness (QED) is 0.574. The molecule has 2 atom stereocenters. The number of aromatic nitrogens is 1. The van der Waals surface area contributed by atoms with E-state index in [9.17, 15) is 14.0 Å². The molecule has 5 rings (SSSR count). The van der Waals surface area contributed by atoms with E-state index in [-0.39, 0.29) is 43.9 Å². The highest BCUT2D eigenvalue weighted by Gasteiger charge is 2.51. The van der Waals surface area contributed by atoms with Gasteiger partial charge in [-0.15, -0.1) is 11.3 Å². The fraction of sp³-hybridized carbons (Fsp3) is 0.375. The first-order valence-electron chi connectivity index (χ1n) is 11.5. The Balaban J connectivity index is 1.57. The van der Waals surface area contributed by atoms with Gasteiger partial charge in [-0.25, -0.2) is 24.0 Å². The van der Waals surface area contributed by atoms with Gasteiger partial charge in [-0.2, -0.15) is 5.10 Å². The van der Waals surface area contributed by atoms with Crippen LogP contribution < -0.4 is 10.7 Å². The number of halogens is 2. The zero-order valence-electron chi connectivity index (χ0n) is 19.7. The Kier molecular flexibility index (Phi) is 6.39. The van der Waals surface area contributed by atoms with E-state index in [0.717, 1.165) is 0 Å². The molecule has 0 spiro atoms. The van der Waals surface area contributed by atoms with Crippen molar-refractivity contribution in [1.29, 1.82) is 0 Å². The van der Waals surface area contributed by atoms with Crippen LogP contribution in [0.15, 0.2) is 51.1 Å². The highest BCUT2D eigenvalue weighted by atomic mass is 32.1. The summed E-state index contributed by atoms with van der Waals surface area (Å²) >= 11 is 1.37. The molecule has 1 aromatic carbocycles. The van der Waals surface area contributed by atoms with Gasteiger partial charge in [0.15, 0.2) is 10.8 Å². The number of alkyl halides is 1. The molecule has 0 aliphatic carbocycles. The van der Waals surface area contributed by atoms with Crippen LogP contribution in [0, 0.1) is 12.7 Å². The van der Waals surface area contributed by atoms with Gasteiger partial charge in [0.25, 0.3) is 5.91 Å². The van der Waals surface area contributed by atoms with Gasteiger partial charge in [-0.05, 0) is 31.0 Å². The number of amidine groups is 1. The molecule has 1 unspecified atom stereocenters. The number of hydrogen-bond acceptors (Lipinski definition) is 9. The second-order valence-corrected chi connectivity index (χ2v) is 9.57. The number of benzene rings is 1. The molecule has 3 aliphatic heterocycles. The fourth-order valence-corrected chi connectivity index (χ4v) is 5.16. The molecule has 1 amide bonds. The Labute approximate surface area is 210 Å². The number of aliphatic imine (C=N–C) groups is 1. The number of nitrogens with zero attached hydrogens (tertiary/aromatic N) is 4. The minimum absolute atomic E-state index is 0.0560. The number of rotatable bonds is 6. The van der Waals surface area contributed by atoms with Crippen LogP contribution in [-0.2, 0) is 14.3 Å².